The Labute approximate surface area is 102 Å². The number of nitrogen functional groups attached to an aromatic ring is 1. The predicted molar refractivity (Wildman–Crippen MR) is 68.1 cm³/mol. The molecule has 1 aliphatic carbocycles. The van der Waals surface area contributed by atoms with Gasteiger partial charge in [0.05, 0.1) is 4.90 Å². The number of aryl methyl sites for hydroxylation is 1. The summed E-state index contributed by atoms with van der Waals surface area (Å²) >= 11 is 0. The number of nitrogens with one attached hydrogen (secondary N) is 1. The number of hydrogen-bond acceptors (Lipinski definition) is 3. The minimum absolute atomic E-state index is 0.0270. The molecule has 0 saturated carbocycles. The third kappa shape index (κ3) is 2.68. The van der Waals surface area contributed by atoms with Crippen molar-refractivity contribution < 1.29 is 8.42 Å². The number of hydrogen-bond donors (Lipinski definition) is 2. The highest BCUT2D eigenvalue weighted by molar-refractivity contribution is 7.89. The third-order valence-electron chi connectivity index (χ3n) is 2.83. The van der Waals surface area contributed by atoms with Crippen molar-refractivity contribution in [1.29, 1.82) is 0 Å². The zero-order chi connectivity index (χ0) is 12.5. The van der Waals surface area contributed by atoms with Crippen molar-refractivity contribution >= 4 is 15.7 Å². The lowest BCUT2D eigenvalue weighted by molar-refractivity contribution is 0.557. The molecular formula is C12H16N2O2S. The van der Waals surface area contributed by atoms with E-state index in [9.17, 15) is 8.42 Å². The van der Waals surface area contributed by atoms with Gasteiger partial charge in [0.2, 0.25) is 10.0 Å². The molecule has 0 unspecified atom stereocenters. The summed E-state index contributed by atoms with van der Waals surface area (Å²) in [6, 6.07) is 4.89. The number of sulfonamides is 1. The fourth-order valence-electron chi connectivity index (χ4n) is 1.90. The molecule has 0 radical (unpaired) electrons. The van der Waals surface area contributed by atoms with Gasteiger partial charge >= 0.3 is 0 Å². The number of benzene rings is 1. The maximum absolute atomic E-state index is 12.2. The largest absolute Gasteiger partial charge is 0.399 e. The molecule has 1 aromatic rings. The highest BCUT2D eigenvalue weighted by Crippen LogP contribution is 2.20. The second kappa shape index (κ2) is 4.50. The van der Waals surface area contributed by atoms with E-state index in [2.05, 4.69) is 4.72 Å². The summed E-state index contributed by atoms with van der Waals surface area (Å²) in [7, 11) is -3.47. The molecule has 0 heterocycles. The van der Waals surface area contributed by atoms with Gasteiger partial charge in [-0.25, -0.2) is 13.1 Å². The molecule has 0 aromatic heterocycles. The average molecular weight is 252 g/mol. The topological polar surface area (TPSA) is 72.2 Å². The first-order valence-electron chi connectivity index (χ1n) is 5.52. The Morgan fingerprint density at radius 2 is 1.94 bits per heavy atom. The summed E-state index contributed by atoms with van der Waals surface area (Å²) in [4.78, 5) is 0.268. The molecular weight excluding hydrogens is 236 g/mol. The normalized spacial score (nSPS) is 16.5. The Kier molecular flexibility index (Phi) is 3.22. The quantitative estimate of drug-likeness (QED) is 0.633. The van der Waals surface area contributed by atoms with E-state index in [1.807, 2.05) is 12.2 Å². The standard InChI is InChI=1S/C12H16N2O2S/c1-9-6-7-10(13)8-12(9)17(15,16)14-11-4-2-3-5-11/h2-3,6-8,11,14H,4-5,13H2,1H3. The van der Waals surface area contributed by atoms with Gasteiger partial charge in [0.15, 0.2) is 0 Å². The van der Waals surface area contributed by atoms with Gasteiger partial charge in [0, 0.05) is 11.7 Å². The minimum Gasteiger partial charge on any atom is -0.399 e. The molecule has 1 aromatic carbocycles. The Morgan fingerprint density at radius 1 is 1.29 bits per heavy atom. The van der Waals surface area contributed by atoms with Crippen molar-refractivity contribution in [1.82, 2.24) is 4.72 Å². The summed E-state index contributed by atoms with van der Waals surface area (Å²) in [6.45, 7) is 1.76. The molecule has 2 rings (SSSR count). The molecule has 0 spiro atoms. The van der Waals surface area contributed by atoms with Crippen LogP contribution in [0.5, 0.6) is 0 Å². The van der Waals surface area contributed by atoms with Crippen LogP contribution in [0, 0.1) is 6.92 Å². The minimum atomic E-state index is -3.47. The smallest absolute Gasteiger partial charge is 0.241 e. The Morgan fingerprint density at radius 3 is 2.59 bits per heavy atom. The molecule has 0 bridgehead atoms. The van der Waals surface area contributed by atoms with Crippen LogP contribution in [-0.2, 0) is 10.0 Å². The summed E-state index contributed by atoms with van der Waals surface area (Å²) in [6.07, 6.45) is 5.47. The lowest BCUT2D eigenvalue weighted by Crippen LogP contribution is -2.33. The number of anilines is 1. The number of rotatable bonds is 3. The summed E-state index contributed by atoms with van der Waals surface area (Å²) in [5.74, 6) is 0. The van der Waals surface area contributed by atoms with E-state index in [1.54, 1.807) is 19.1 Å². The molecule has 0 amide bonds. The SMILES string of the molecule is Cc1ccc(N)cc1S(=O)(=O)NC1CC=CC1. The molecule has 0 fully saturated rings. The fourth-order valence-corrected chi connectivity index (χ4v) is 3.44. The van der Waals surface area contributed by atoms with Gasteiger partial charge in [-0.3, -0.25) is 0 Å². The van der Waals surface area contributed by atoms with Gasteiger partial charge in [0.25, 0.3) is 0 Å². The molecule has 0 aliphatic heterocycles. The second-order valence-electron chi connectivity index (χ2n) is 4.29. The average Bonchev–Trinajstić information content (AvgIpc) is 2.73. The highest BCUT2D eigenvalue weighted by Gasteiger charge is 2.22. The second-order valence-corrected chi connectivity index (χ2v) is 5.97. The fraction of sp³-hybridized carbons (Fsp3) is 0.333. The van der Waals surface area contributed by atoms with Crippen molar-refractivity contribution in [2.24, 2.45) is 0 Å². The van der Waals surface area contributed by atoms with Crippen LogP contribution in [-0.4, -0.2) is 14.5 Å². The molecule has 3 N–H and O–H groups in total. The summed E-state index contributed by atoms with van der Waals surface area (Å²) < 4.78 is 27.0. The third-order valence-corrected chi connectivity index (χ3v) is 4.49. The van der Waals surface area contributed by atoms with E-state index < -0.39 is 10.0 Å². The van der Waals surface area contributed by atoms with E-state index in [1.165, 1.54) is 6.07 Å². The van der Waals surface area contributed by atoms with Crippen LogP contribution in [0.3, 0.4) is 0 Å². The van der Waals surface area contributed by atoms with Crippen molar-refractivity contribution in [2.45, 2.75) is 30.7 Å². The highest BCUT2D eigenvalue weighted by atomic mass is 32.2. The van der Waals surface area contributed by atoms with Crippen LogP contribution < -0.4 is 10.5 Å². The predicted octanol–water partition coefficient (Wildman–Crippen LogP) is 1.57. The Bertz CT molecular complexity index is 542. The van der Waals surface area contributed by atoms with E-state index >= 15 is 0 Å². The van der Waals surface area contributed by atoms with Gasteiger partial charge in [-0.15, -0.1) is 0 Å². The first-order valence-corrected chi connectivity index (χ1v) is 7.01. The van der Waals surface area contributed by atoms with Crippen molar-refractivity contribution in [3.63, 3.8) is 0 Å². The van der Waals surface area contributed by atoms with Crippen molar-refractivity contribution in [3.05, 3.63) is 35.9 Å². The van der Waals surface area contributed by atoms with Crippen LogP contribution in [0.1, 0.15) is 18.4 Å². The number of nitrogens with two attached hydrogens (primary N) is 1. The van der Waals surface area contributed by atoms with Crippen LogP contribution in [0.25, 0.3) is 0 Å². The molecule has 0 atom stereocenters. The van der Waals surface area contributed by atoms with Crippen LogP contribution in [0.4, 0.5) is 5.69 Å². The first kappa shape index (κ1) is 12.1. The van der Waals surface area contributed by atoms with Crippen molar-refractivity contribution in [2.75, 3.05) is 5.73 Å². The maximum atomic E-state index is 12.2. The van der Waals surface area contributed by atoms with Crippen molar-refractivity contribution in [3.8, 4) is 0 Å². The van der Waals surface area contributed by atoms with E-state index in [4.69, 9.17) is 5.73 Å². The Balaban J connectivity index is 2.27. The van der Waals surface area contributed by atoms with Gasteiger partial charge in [-0.2, -0.15) is 0 Å². The monoisotopic (exact) mass is 252 g/mol. The molecule has 1 aliphatic rings. The first-order chi connectivity index (χ1) is 7.99. The Hall–Kier alpha value is -1.33. The van der Waals surface area contributed by atoms with E-state index in [-0.39, 0.29) is 10.9 Å². The lowest BCUT2D eigenvalue weighted by Gasteiger charge is -2.14. The zero-order valence-electron chi connectivity index (χ0n) is 9.68. The van der Waals surface area contributed by atoms with Gasteiger partial charge in [0.1, 0.15) is 0 Å². The van der Waals surface area contributed by atoms with E-state index in [0.717, 1.165) is 12.8 Å². The summed E-state index contributed by atoms with van der Waals surface area (Å²) in [5, 5.41) is 0. The maximum Gasteiger partial charge on any atom is 0.241 e. The zero-order valence-corrected chi connectivity index (χ0v) is 10.5. The molecule has 92 valence electrons. The molecule has 5 heteroatoms. The molecule has 0 saturated heterocycles. The van der Waals surface area contributed by atoms with Crippen LogP contribution in [0.15, 0.2) is 35.2 Å². The van der Waals surface area contributed by atoms with Gasteiger partial charge in [-0.05, 0) is 37.5 Å². The molecule has 4 nitrogen and oxygen atoms in total. The lowest BCUT2D eigenvalue weighted by atomic mass is 10.2. The van der Waals surface area contributed by atoms with Gasteiger partial charge in [-0.1, -0.05) is 18.2 Å². The van der Waals surface area contributed by atoms with Crippen LogP contribution in [0.2, 0.25) is 0 Å². The van der Waals surface area contributed by atoms with Gasteiger partial charge < -0.3 is 5.73 Å². The van der Waals surface area contributed by atoms with E-state index in [0.29, 0.717) is 11.3 Å². The molecule has 17 heavy (non-hydrogen) atoms. The summed E-state index contributed by atoms with van der Waals surface area (Å²) in [5.41, 5.74) is 6.79. The van der Waals surface area contributed by atoms with Crippen LogP contribution >= 0.6 is 0 Å².